The van der Waals surface area contributed by atoms with E-state index < -0.39 is 11.7 Å². The van der Waals surface area contributed by atoms with E-state index in [1.165, 1.54) is 30.3 Å². The van der Waals surface area contributed by atoms with E-state index in [9.17, 15) is 19.1 Å². The van der Waals surface area contributed by atoms with Crippen LogP contribution in [0.2, 0.25) is 0 Å². The fourth-order valence-corrected chi connectivity index (χ4v) is 2.06. The van der Waals surface area contributed by atoms with Crippen molar-refractivity contribution in [3.63, 3.8) is 0 Å². The van der Waals surface area contributed by atoms with Gasteiger partial charge in [0.15, 0.2) is 0 Å². The van der Waals surface area contributed by atoms with Crippen LogP contribution in [0.5, 0.6) is 5.75 Å². The van der Waals surface area contributed by atoms with Crippen LogP contribution in [0, 0.1) is 12.7 Å². The maximum absolute atomic E-state index is 12.8. The SMILES string of the molecule is CC(CC(=O)Nc1ccc(F)cc1)=NNC(=O)c1cccc(C)c1O. The van der Waals surface area contributed by atoms with Gasteiger partial charge < -0.3 is 10.4 Å². The second kappa shape index (κ2) is 8.05. The Morgan fingerprint density at radius 3 is 2.52 bits per heavy atom. The molecular formula is C18H18FN3O3. The molecule has 7 heteroatoms. The summed E-state index contributed by atoms with van der Waals surface area (Å²) in [5.41, 5.74) is 3.82. The first-order valence-corrected chi connectivity index (χ1v) is 7.54. The van der Waals surface area contributed by atoms with Crippen LogP contribution in [0.15, 0.2) is 47.6 Å². The third-order valence-electron chi connectivity index (χ3n) is 3.38. The van der Waals surface area contributed by atoms with Crippen molar-refractivity contribution < 1.29 is 19.1 Å². The molecule has 3 N–H and O–H groups in total. The largest absolute Gasteiger partial charge is 0.507 e. The van der Waals surface area contributed by atoms with E-state index in [1.807, 2.05) is 0 Å². The number of nitrogens with one attached hydrogen (secondary N) is 2. The zero-order valence-corrected chi connectivity index (χ0v) is 13.8. The van der Waals surface area contributed by atoms with Crippen LogP contribution in [0.1, 0.15) is 29.3 Å². The number of carbonyl (C=O) groups excluding carboxylic acids is 2. The van der Waals surface area contributed by atoms with Crippen LogP contribution in [-0.4, -0.2) is 22.6 Å². The van der Waals surface area contributed by atoms with E-state index in [1.54, 1.807) is 26.0 Å². The van der Waals surface area contributed by atoms with Gasteiger partial charge in [0, 0.05) is 11.4 Å². The molecule has 0 saturated heterocycles. The third-order valence-corrected chi connectivity index (χ3v) is 3.38. The Bertz CT molecular complexity index is 817. The highest BCUT2D eigenvalue weighted by atomic mass is 19.1. The molecule has 0 atom stereocenters. The predicted molar refractivity (Wildman–Crippen MR) is 93.1 cm³/mol. The summed E-state index contributed by atoms with van der Waals surface area (Å²) < 4.78 is 12.8. The summed E-state index contributed by atoms with van der Waals surface area (Å²) >= 11 is 0. The van der Waals surface area contributed by atoms with Crippen molar-refractivity contribution >= 4 is 23.2 Å². The Balaban J connectivity index is 1.92. The summed E-state index contributed by atoms with van der Waals surface area (Å²) in [6, 6.07) is 10.2. The Kier molecular flexibility index (Phi) is 5.84. The number of amides is 2. The van der Waals surface area contributed by atoms with Gasteiger partial charge in [0.25, 0.3) is 5.91 Å². The molecule has 0 aliphatic heterocycles. The number of nitrogens with zero attached hydrogens (tertiary/aromatic N) is 1. The highest BCUT2D eigenvalue weighted by Crippen LogP contribution is 2.21. The number of hydrazone groups is 1. The number of rotatable bonds is 5. The molecule has 0 aliphatic rings. The fraction of sp³-hybridized carbons (Fsp3) is 0.167. The number of phenols is 1. The highest BCUT2D eigenvalue weighted by Gasteiger charge is 2.12. The molecule has 0 radical (unpaired) electrons. The molecule has 0 fully saturated rings. The normalized spacial score (nSPS) is 11.1. The second-order valence-electron chi connectivity index (χ2n) is 5.49. The van der Waals surface area contributed by atoms with E-state index >= 15 is 0 Å². The van der Waals surface area contributed by atoms with Crippen LogP contribution in [0.4, 0.5) is 10.1 Å². The quantitative estimate of drug-likeness (QED) is 0.576. The van der Waals surface area contributed by atoms with E-state index in [-0.39, 0.29) is 23.6 Å². The van der Waals surface area contributed by atoms with Crippen LogP contribution in [0.3, 0.4) is 0 Å². The van der Waals surface area contributed by atoms with Gasteiger partial charge in [-0.1, -0.05) is 12.1 Å². The van der Waals surface area contributed by atoms with Crippen molar-refractivity contribution in [2.24, 2.45) is 5.10 Å². The minimum atomic E-state index is -0.570. The lowest BCUT2D eigenvalue weighted by Crippen LogP contribution is -2.21. The average Bonchev–Trinajstić information content (AvgIpc) is 2.57. The average molecular weight is 343 g/mol. The third kappa shape index (κ3) is 5.13. The summed E-state index contributed by atoms with van der Waals surface area (Å²) in [5, 5.41) is 16.3. The van der Waals surface area contributed by atoms with Crippen LogP contribution in [0.25, 0.3) is 0 Å². The van der Waals surface area contributed by atoms with Crippen LogP contribution < -0.4 is 10.7 Å². The number of hydrogen-bond acceptors (Lipinski definition) is 4. The molecule has 0 heterocycles. The predicted octanol–water partition coefficient (Wildman–Crippen LogP) is 2.97. The molecule has 130 valence electrons. The van der Waals surface area contributed by atoms with Gasteiger partial charge in [-0.15, -0.1) is 0 Å². The zero-order chi connectivity index (χ0) is 18.4. The summed E-state index contributed by atoms with van der Waals surface area (Å²) in [6.07, 6.45) is -0.0442. The number of aromatic hydroxyl groups is 1. The topological polar surface area (TPSA) is 90.8 Å². The Morgan fingerprint density at radius 1 is 1.16 bits per heavy atom. The summed E-state index contributed by atoms with van der Waals surface area (Å²) in [4.78, 5) is 23.9. The Hall–Kier alpha value is -3.22. The lowest BCUT2D eigenvalue weighted by atomic mass is 10.1. The highest BCUT2D eigenvalue weighted by molar-refractivity contribution is 6.06. The molecule has 0 spiro atoms. The molecule has 2 amide bonds. The first kappa shape index (κ1) is 18.1. The number of anilines is 1. The molecule has 2 rings (SSSR count). The van der Waals surface area contributed by atoms with Crippen LogP contribution in [-0.2, 0) is 4.79 Å². The van der Waals surface area contributed by atoms with Gasteiger partial charge in [0.05, 0.1) is 12.0 Å². The van der Waals surface area contributed by atoms with E-state index in [2.05, 4.69) is 15.8 Å². The van der Waals surface area contributed by atoms with Gasteiger partial charge in [-0.05, 0) is 49.7 Å². The number of hydrogen-bond donors (Lipinski definition) is 3. The van der Waals surface area contributed by atoms with Crippen molar-refractivity contribution in [1.29, 1.82) is 0 Å². The molecule has 0 aromatic heterocycles. The minimum Gasteiger partial charge on any atom is -0.507 e. The van der Waals surface area contributed by atoms with Crippen molar-refractivity contribution in [3.05, 3.63) is 59.4 Å². The monoisotopic (exact) mass is 343 g/mol. The molecule has 0 saturated carbocycles. The van der Waals surface area contributed by atoms with Gasteiger partial charge in [-0.2, -0.15) is 5.10 Å². The second-order valence-corrected chi connectivity index (χ2v) is 5.49. The smallest absolute Gasteiger partial charge is 0.275 e. The van der Waals surface area contributed by atoms with Crippen molar-refractivity contribution in [3.8, 4) is 5.75 Å². The van der Waals surface area contributed by atoms with Crippen molar-refractivity contribution in [2.75, 3.05) is 5.32 Å². The van der Waals surface area contributed by atoms with Gasteiger partial charge >= 0.3 is 0 Å². The molecule has 2 aromatic rings. The van der Waals surface area contributed by atoms with E-state index in [4.69, 9.17) is 0 Å². The summed E-state index contributed by atoms with van der Waals surface area (Å²) in [7, 11) is 0. The molecule has 6 nitrogen and oxygen atoms in total. The first-order valence-electron chi connectivity index (χ1n) is 7.54. The Labute approximate surface area is 144 Å². The molecule has 0 bridgehead atoms. The van der Waals surface area contributed by atoms with Crippen molar-refractivity contribution in [1.82, 2.24) is 5.43 Å². The molecule has 0 unspecified atom stereocenters. The first-order chi connectivity index (χ1) is 11.9. The summed E-state index contributed by atoms with van der Waals surface area (Å²) in [5.74, 6) is -1.42. The van der Waals surface area contributed by atoms with Gasteiger partial charge in [0.1, 0.15) is 11.6 Å². The minimum absolute atomic E-state index is 0.0442. The zero-order valence-electron chi connectivity index (χ0n) is 13.8. The number of para-hydroxylation sites is 1. The maximum atomic E-state index is 12.8. The lowest BCUT2D eigenvalue weighted by Gasteiger charge is -2.07. The standard InChI is InChI=1S/C18H18FN3O3/c1-11-4-3-5-15(17(11)24)18(25)22-21-12(2)10-16(23)20-14-8-6-13(19)7-9-14/h3-9,24H,10H2,1-2H3,(H,20,23)(H,22,25). The number of carbonyl (C=O) groups is 2. The van der Waals surface area contributed by atoms with Gasteiger partial charge in [-0.25, -0.2) is 9.82 Å². The summed E-state index contributed by atoms with van der Waals surface area (Å²) in [6.45, 7) is 3.26. The van der Waals surface area contributed by atoms with E-state index in [0.29, 0.717) is 17.0 Å². The molecule has 2 aromatic carbocycles. The van der Waals surface area contributed by atoms with Crippen molar-refractivity contribution in [2.45, 2.75) is 20.3 Å². The molecular weight excluding hydrogens is 325 g/mol. The van der Waals surface area contributed by atoms with Crippen LogP contribution >= 0.6 is 0 Å². The number of phenolic OH excluding ortho intramolecular Hbond substituents is 1. The lowest BCUT2D eigenvalue weighted by molar-refractivity contribution is -0.115. The molecule has 0 aliphatic carbocycles. The number of benzene rings is 2. The van der Waals surface area contributed by atoms with E-state index in [0.717, 1.165) is 0 Å². The number of aryl methyl sites for hydroxylation is 1. The fourth-order valence-electron chi connectivity index (χ4n) is 2.06. The Morgan fingerprint density at radius 2 is 1.84 bits per heavy atom. The van der Waals surface area contributed by atoms with Gasteiger partial charge in [0.2, 0.25) is 5.91 Å². The number of halogens is 1. The van der Waals surface area contributed by atoms with Gasteiger partial charge in [-0.3, -0.25) is 9.59 Å². The maximum Gasteiger partial charge on any atom is 0.275 e. The molecule has 25 heavy (non-hydrogen) atoms.